The number of carbonyl (C=O) groups is 2. The molecule has 0 atom stereocenters. The highest BCUT2D eigenvalue weighted by molar-refractivity contribution is 7.99. The first-order chi connectivity index (χ1) is 12.6. The number of aromatic nitrogens is 2. The Balaban J connectivity index is 1.53. The minimum atomic E-state index is -0.564. The van der Waals surface area contributed by atoms with E-state index in [1.807, 2.05) is 24.3 Å². The lowest BCUT2D eigenvalue weighted by Gasteiger charge is -2.03. The van der Waals surface area contributed by atoms with Gasteiger partial charge in [-0.25, -0.2) is 9.78 Å². The van der Waals surface area contributed by atoms with E-state index in [2.05, 4.69) is 14.7 Å². The van der Waals surface area contributed by atoms with Crippen LogP contribution in [-0.4, -0.2) is 34.8 Å². The van der Waals surface area contributed by atoms with E-state index in [9.17, 15) is 9.59 Å². The van der Waals surface area contributed by atoms with Gasteiger partial charge in [0.05, 0.1) is 30.1 Å². The fourth-order valence-electron chi connectivity index (χ4n) is 2.25. The molecule has 0 aliphatic heterocycles. The highest BCUT2D eigenvalue weighted by Crippen LogP contribution is 2.19. The van der Waals surface area contributed by atoms with Crippen LogP contribution < -0.4 is 0 Å². The van der Waals surface area contributed by atoms with Gasteiger partial charge in [-0.15, -0.1) is 0 Å². The molecule has 0 N–H and O–H groups in total. The number of rotatable bonds is 6. The first-order valence-electron chi connectivity index (χ1n) is 7.74. The monoisotopic (exact) mass is 372 g/mol. The average Bonchev–Trinajstić information content (AvgIpc) is 3.04. The van der Waals surface area contributed by atoms with E-state index in [0.29, 0.717) is 16.3 Å². The van der Waals surface area contributed by atoms with Gasteiger partial charge in [0.25, 0.3) is 0 Å². The molecule has 2 heterocycles. The predicted molar refractivity (Wildman–Crippen MR) is 94.8 cm³/mol. The number of furan rings is 1. The number of aryl methyl sites for hydroxylation is 1. The third-order valence-electron chi connectivity index (χ3n) is 3.48. The SMILES string of the molecule is COC(=O)c1oc(COC(=O)CSc2cnc3ccccc3n2)cc1C. The van der Waals surface area contributed by atoms with Gasteiger partial charge in [0, 0.05) is 5.56 Å². The first-order valence-corrected chi connectivity index (χ1v) is 8.73. The molecule has 3 rings (SSSR count). The zero-order valence-electron chi connectivity index (χ0n) is 14.2. The second-order valence-electron chi connectivity index (χ2n) is 5.36. The zero-order valence-corrected chi connectivity index (χ0v) is 15.0. The maximum absolute atomic E-state index is 11.9. The van der Waals surface area contributed by atoms with Crippen LogP contribution in [-0.2, 0) is 20.9 Å². The molecule has 0 spiro atoms. The molecule has 0 aliphatic carbocycles. The molecule has 0 saturated heterocycles. The molecular weight excluding hydrogens is 356 g/mol. The van der Waals surface area contributed by atoms with E-state index < -0.39 is 11.9 Å². The first kappa shape index (κ1) is 17.9. The van der Waals surface area contributed by atoms with Crippen LogP contribution in [0.4, 0.5) is 0 Å². The highest BCUT2D eigenvalue weighted by atomic mass is 32.2. The summed E-state index contributed by atoms with van der Waals surface area (Å²) in [4.78, 5) is 32.1. The normalized spacial score (nSPS) is 10.7. The van der Waals surface area contributed by atoms with Crippen LogP contribution in [0, 0.1) is 6.92 Å². The van der Waals surface area contributed by atoms with Gasteiger partial charge in [-0.1, -0.05) is 23.9 Å². The lowest BCUT2D eigenvalue weighted by molar-refractivity contribution is -0.142. The van der Waals surface area contributed by atoms with Crippen LogP contribution in [0.5, 0.6) is 0 Å². The maximum Gasteiger partial charge on any atom is 0.374 e. The minimum absolute atomic E-state index is 0.0549. The number of methoxy groups -OCH3 is 1. The smallest absolute Gasteiger partial charge is 0.374 e. The Hall–Kier alpha value is -2.87. The van der Waals surface area contributed by atoms with Crippen molar-refractivity contribution in [3.05, 3.63) is 53.6 Å². The summed E-state index contributed by atoms with van der Waals surface area (Å²) in [7, 11) is 1.27. The number of thioether (sulfide) groups is 1. The molecule has 2 aromatic heterocycles. The topological polar surface area (TPSA) is 91.5 Å². The molecule has 8 heteroatoms. The van der Waals surface area contributed by atoms with Crippen LogP contribution in [0.15, 0.2) is 46.0 Å². The van der Waals surface area contributed by atoms with Crippen molar-refractivity contribution >= 4 is 34.7 Å². The minimum Gasteiger partial charge on any atom is -0.463 e. The summed E-state index contributed by atoms with van der Waals surface area (Å²) in [6.07, 6.45) is 1.62. The van der Waals surface area contributed by atoms with Crippen molar-refractivity contribution < 1.29 is 23.5 Å². The Morgan fingerprint density at radius 2 is 2.00 bits per heavy atom. The van der Waals surface area contributed by atoms with Crippen molar-refractivity contribution in [2.24, 2.45) is 0 Å². The summed E-state index contributed by atoms with van der Waals surface area (Å²) >= 11 is 1.24. The van der Waals surface area contributed by atoms with Crippen molar-refractivity contribution in [1.82, 2.24) is 9.97 Å². The van der Waals surface area contributed by atoms with Crippen molar-refractivity contribution in [3.8, 4) is 0 Å². The zero-order chi connectivity index (χ0) is 18.5. The molecule has 134 valence electrons. The second-order valence-corrected chi connectivity index (χ2v) is 6.36. The van der Waals surface area contributed by atoms with Crippen LogP contribution >= 0.6 is 11.8 Å². The number of hydrogen-bond donors (Lipinski definition) is 0. The summed E-state index contributed by atoms with van der Waals surface area (Å²) in [5.41, 5.74) is 2.20. The summed E-state index contributed by atoms with van der Waals surface area (Å²) in [6.45, 7) is 1.66. The van der Waals surface area contributed by atoms with Gasteiger partial charge in [0.15, 0.2) is 0 Å². The molecule has 3 aromatic rings. The van der Waals surface area contributed by atoms with Gasteiger partial charge in [-0.3, -0.25) is 9.78 Å². The summed E-state index contributed by atoms with van der Waals surface area (Å²) in [5.74, 6) is -0.397. The fraction of sp³-hybridized carbons (Fsp3) is 0.222. The molecule has 0 unspecified atom stereocenters. The van der Waals surface area contributed by atoms with Crippen LogP contribution in [0.1, 0.15) is 21.9 Å². The molecule has 7 nitrogen and oxygen atoms in total. The molecule has 26 heavy (non-hydrogen) atoms. The molecule has 0 radical (unpaired) electrons. The van der Waals surface area contributed by atoms with Crippen LogP contribution in [0.25, 0.3) is 11.0 Å². The Labute approximate surface area is 153 Å². The Kier molecular flexibility index (Phi) is 5.52. The van der Waals surface area contributed by atoms with E-state index in [4.69, 9.17) is 9.15 Å². The Morgan fingerprint density at radius 3 is 2.77 bits per heavy atom. The standard InChI is InChI=1S/C18H16N2O5S/c1-11-7-12(25-17(11)18(22)23-2)9-24-16(21)10-26-15-8-19-13-5-3-4-6-14(13)20-15/h3-8H,9-10H2,1-2H3. The van der Waals surface area contributed by atoms with Gasteiger partial charge in [-0.05, 0) is 25.1 Å². The highest BCUT2D eigenvalue weighted by Gasteiger charge is 2.17. The van der Waals surface area contributed by atoms with E-state index in [1.54, 1.807) is 19.2 Å². The quantitative estimate of drug-likeness (QED) is 0.481. The molecule has 0 aliphatic rings. The van der Waals surface area contributed by atoms with Gasteiger partial charge in [-0.2, -0.15) is 0 Å². The lowest BCUT2D eigenvalue weighted by Crippen LogP contribution is -2.07. The molecule has 0 amide bonds. The molecule has 1 aromatic carbocycles. The van der Waals surface area contributed by atoms with Crippen molar-refractivity contribution in [2.75, 3.05) is 12.9 Å². The number of fused-ring (bicyclic) bond motifs is 1. The number of para-hydroxylation sites is 2. The average molecular weight is 372 g/mol. The second kappa shape index (κ2) is 8.01. The van der Waals surface area contributed by atoms with Gasteiger partial charge < -0.3 is 13.9 Å². The van der Waals surface area contributed by atoms with Gasteiger partial charge >= 0.3 is 11.9 Å². The van der Waals surface area contributed by atoms with E-state index in [0.717, 1.165) is 11.0 Å². The molecule has 0 saturated carbocycles. The number of carbonyl (C=O) groups excluding carboxylic acids is 2. The number of benzene rings is 1. The summed E-state index contributed by atoms with van der Waals surface area (Å²) < 4.78 is 15.1. The number of hydrogen-bond acceptors (Lipinski definition) is 8. The Morgan fingerprint density at radius 1 is 1.23 bits per heavy atom. The van der Waals surface area contributed by atoms with E-state index >= 15 is 0 Å². The number of ether oxygens (including phenoxy) is 2. The summed E-state index contributed by atoms with van der Waals surface area (Å²) in [6, 6.07) is 9.15. The van der Waals surface area contributed by atoms with Crippen LogP contribution in [0.3, 0.4) is 0 Å². The maximum atomic E-state index is 11.9. The summed E-state index contributed by atoms with van der Waals surface area (Å²) in [5, 5.41) is 0.641. The van der Waals surface area contributed by atoms with Crippen molar-refractivity contribution in [2.45, 2.75) is 18.6 Å². The lowest BCUT2D eigenvalue weighted by atomic mass is 10.3. The third-order valence-corrected chi connectivity index (χ3v) is 4.35. The molecular formula is C18H16N2O5S. The van der Waals surface area contributed by atoms with Crippen LogP contribution in [0.2, 0.25) is 0 Å². The van der Waals surface area contributed by atoms with E-state index in [1.165, 1.54) is 18.9 Å². The van der Waals surface area contributed by atoms with Crippen molar-refractivity contribution in [1.29, 1.82) is 0 Å². The fourth-order valence-corrected chi connectivity index (χ4v) is 2.89. The van der Waals surface area contributed by atoms with Crippen molar-refractivity contribution in [3.63, 3.8) is 0 Å². The predicted octanol–water partition coefficient (Wildman–Crippen LogP) is 3.15. The van der Waals surface area contributed by atoms with Gasteiger partial charge in [0.2, 0.25) is 5.76 Å². The number of esters is 2. The molecule has 0 fully saturated rings. The Bertz CT molecular complexity index is 954. The third kappa shape index (κ3) is 4.20. The van der Waals surface area contributed by atoms with Gasteiger partial charge in [0.1, 0.15) is 17.4 Å². The van der Waals surface area contributed by atoms with E-state index in [-0.39, 0.29) is 18.1 Å². The molecule has 0 bridgehead atoms. The number of nitrogens with zero attached hydrogens (tertiary/aromatic N) is 2. The largest absolute Gasteiger partial charge is 0.463 e.